The third-order valence-corrected chi connectivity index (χ3v) is 9.53. The molecule has 44 heavy (non-hydrogen) atoms. The first kappa shape index (κ1) is 31.8. The third kappa shape index (κ3) is 6.01. The highest BCUT2D eigenvalue weighted by Crippen LogP contribution is 2.43. The fourth-order valence-electron chi connectivity index (χ4n) is 6.54. The van der Waals surface area contributed by atoms with Crippen molar-refractivity contribution in [3.8, 4) is 11.5 Å². The summed E-state index contributed by atoms with van der Waals surface area (Å²) in [6.07, 6.45) is -1.06. The van der Waals surface area contributed by atoms with E-state index < -0.39 is 40.5 Å². The molecule has 2 atom stereocenters. The van der Waals surface area contributed by atoms with E-state index in [0.717, 1.165) is 23.3 Å². The van der Waals surface area contributed by atoms with E-state index in [1.54, 1.807) is 34.5 Å². The first-order chi connectivity index (χ1) is 20.9. The van der Waals surface area contributed by atoms with Crippen molar-refractivity contribution in [1.29, 1.82) is 0 Å². The topological polar surface area (TPSA) is 103 Å². The number of aliphatic hydroxyl groups is 1. The van der Waals surface area contributed by atoms with Crippen molar-refractivity contribution in [3.63, 3.8) is 0 Å². The number of carbonyl (C=O) groups excluding carboxylic acids is 2. The average molecular weight is 632 g/mol. The Balaban J connectivity index is 1.51. The van der Waals surface area contributed by atoms with Gasteiger partial charge in [-0.1, -0.05) is 31.5 Å². The van der Waals surface area contributed by atoms with Crippen LogP contribution in [0.15, 0.2) is 54.2 Å². The molecule has 236 valence electrons. The summed E-state index contributed by atoms with van der Waals surface area (Å²) in [6, 6.07) is 8.29. The summed E-state index contributed by atoms with van der Waals surface area (Å²) in [5, 5.41) is 23.6. The highest BCUT2D eigenvalue weighted by Gasteiger charge is 2.56. The first-order valence-corrected chi connectivity index (χ1v) is 15.6. The number of likely N-dealkylation sites (tertiary alicyclic amines) is 2. The van der Waals surface area contributed by atoms with Crippen LogP contribution in [0.25, 0.3) is 0 Å². The van der Waals surface area contributed by atoms with Gasteiger partial charge in [0.05, 0.1) is 22.8 Å². The minimum atomic E-state index is -4.76. The molecule has 2 saturated heterocycles. The summed E-state index contributed by atoms with van der Waals surface area (Å²) in [4.78, 5) is 36.3. The molecule has 0 aliphatic carbocycles. The van der Waals surface area contributed by atoms with E-state index in [9.17, 15) is 33.0 Å². The Bertz CT molecular complexity index is 1500. The molecule has 8 nitrogen and oxygen atoms in total. The van der Waals surface area contributed by atoms with Gasteiger partial charge in [0.1, 0.15) is 11.5 Å². The van der Waals surface area contributed by atoms with Gasteiger partial charge in [-0.3, -0.25) is 14.6 Å². The predicted molar refractivity (Wildman–Crippen MR) is 158 cm³/mol. The van der Waals surface area contributed by atoms with Gasteiger partial charge in [0.25, 0.3) is 11.8 Å². The van der Waals surface area contributed by atoms with Gasteiger partial charge in [0.2, 0.25) is 5.60 Å². The number of hydrogen-bond donors (Lipinski definition) is 2. The van der Waals surface area contributed by atoms with Crippen molar-refractivity contribution in [1.82, 2.24) is 14.8 Å². The number of phenolic OH excluding ortho intramolecular Hbond substituents is 1. The zero-order valence-electron chi connectivity index (χ0n) is 24.6. The molecule has 12 heteroatoms. The zero-order chi connectivity index (χ0) is 31.7. The van der Waals surface area contributed by atoms with E-state index in [0.29, 0.717) is 30.6 Å². The Morgan fingerprint density at radius 2 is 1.86 bits per heavy atom. The Morgan fingerprint density at radius 1 is 1.14 bits per heavy atom. The monoisotopic (exact) mass is 631 g/mol. The molecule has 2 N–H and O–H groups in total. The molecule has 2 amide bonds. The molecule has 0 bridgehead atoms. The fraction of sp³-hybridized carbons (Fsp3) is 0.469. The van der Waals surface area contributed by atoms with Gasteiger partial charge in [0, 0.05) is 54.3 Å². The number of aromatic nitrogens is 1. The molecule has 0 spiro atoms. The zero-order valence-corrected chi connectivity index (χ0v) is 25.5. The number of aryl methyl sites for hydroxylation is 1. The Morgan fingerprint density at radius 3 is 2.50 bits per heavy atom. The number of ether oxygens (including phenoxy) is 1. The summed E-state index contributed by atoms with van der Waals surface area (Å²) in [5.74, 6) is -0.797. The molecule has 4 heterocycles. The molecular formula is C32H36F3N3O5S. The molecule has 0 radical (unpaired) electrons. The van der Waals surface area contributed by atoms with Crippen molar-refractivity contribution in [2.24, 2.45) is 0 Å². The quantitative estimate of drug-likeness (QED) is 0.336. The average Bonchev–Trinajstić information content (AvgIpc) is 3.41. The number of phenols is 1. The van der Waals surface area contributed by atoms with Gasteiger partial charge >= 0.3 is 6.18 Å². The van der Waals surface area contributed by atoms with Crippen LogP contribution in [-0.2, 0) is 16.6 Å². The minimum Gasteiger partial charge on any atom is -0.508 e. The van der Waals surface area contributed by atoms with Gasteiger partial charge in [-0.25, -0.2) is 0 Å². The highest BCUT2D eigenvalue weighted by atomic mass is 32.1. The van der Waals surface area contributed by atoms with Crippen LogP contribution in [0.4, 0.5) is 13.2 Å². The van der Waals surface area contributed by atoms with Gasteiger partial charge in [-0.2, -0.15) is 13.2 Å². The standard InChI is InChI=1S/C32H36F3N3O5S/c1-3-7-27-31(43-22-18-21(2)44-20-22,11-6-15-38(27)28(40)23-19-36-14-10-24(23)32(33,34)35)29(41)37-16-12-30(42,13-17-37)25-8-4-5-9-26(25)39/h4-5,8-10,14,18-20,27,39,42H,3,6-7,11-13,15-17H2,1-2H3/t27-,31+/m1/s1. The molecule has 2 fully saturated rings. The second kappa shape index (κ2) is 12.4. The van der Waals surface area contributed by atoms with Gasteiger partial charge in [-0.05, 0) is 50.8 Å². The summed E-state index contributed by atoms with van der Waals surface area (Å²) in [7, 11) is 0. The van der Waals surface area contributed by atoms with Crippen molar-refractivity contribution in [3.05, 3.63) is 75.7 Å². The number of carbonyl (C=O) groups is 2. The van der Waals surface area contributed by atoms with Gasteiger partial charge in [0.15, 0.2) is 0 Å². The van der Waals surface area contributed by atoms with Crippen LogP contribution in [-0.4, -0.2) is 68.1 Å². The number of thiophene rings is 1. The van der Waals surface area contributed by atoms with Gasteiger partial charge in [-0.15, -0.1) is 11.3 Å². The Labute approximate surface area is 258 Å². The Hall–Kier alpha value is -3.64. The number of para-hydroxylation sites is 1. The molecule has 5 rings (SSSR count). The van der Waals surface area contributed by atoms with Gasteiger partial charge < -0.3 is 24.7 Å². The smallest absolute Gasteiger partial charge is 0.417 e. The van der Waals surface area contributed by atoms with Crippen LogP contribution in [0.5, 0.6) is 11.5 Å². The van der Waals surface area contributed by atoms with Crippen LogP contribution >= 0.6 is 11.3 Å². The molecule has 2 aliphatic heterocycles. The second-order valence-electron chi connectivity index (χ2n) is 11.6. The number of nitrogens with zero attached hydrogens (tertiary/aromatic N) is 3. The number of aromatic hydroxyl groups is 1. The lowest BCUT2D eigenvalue weighted by atomic mass is 9.78. The van der Waals surface area contributed by atoms with Crippen LogP contribution < -0.4 is 4.74 Å². The minimum absolute atomic E-state index is 0.0273. The third-order valence-electron chi connectivity index (χ3n) is 8.69. The number of hydrogen-bond acceptors (Lipinski definition) is 7. The van der Waals surface area contributed by atoms with Crippen LogP contribution in [0, 0.1) is 6.92 Å². The largest absolute Gasteiger partial charge is 0.508 e. The number of amides is 2. The lowest BCUT2D eigenvalue weighted by molar-refractivity contribution is -0.163. The number of alkyl halides is 3. The van der Waals surface area contributed by atoms with E-state index >= 15 is 0 Å². The normalized spacial score (nSPS) is 22.1. The molecule has 0 saturated carbocycles. The lowest BCUT2D eigenvalue weighted by Gasteiger charge is -2.51. The number of pyridine rings is 1. The van der Waals surface area contributed by atoms with E-state index in [2.05, 4.69) is 4.98 Å². The van der Waals surface area contributed by atoms with Crippen molar-refractivity contribution in [2.45, 2.75) is 75.8 Å². The van der Waals surface area contributed by atoms with Crippen LogP contribution in [0.1, 0.15) is 71.8 Å². The highest BCUT2D eigenvalue weighted by molar-refractivity contribution is 7.10. The molecule has 3 aromatic rings. The van der Waals surface area contributed by atoms with E-state index in [-0.39, 0.29) is 50.6 Å². The Kier molecular flexibility index (Phi) is 8.95. The maximum absolute atomic E-state index is 14.7. The SMILES string of the molecule is CCC[C@H]1N(C(=O)c2cnccc2C(F)(F)F)CCC[C@@]1(Oc1csc(C)c1)C(=O)N1CCC(O)(c2ccccc2O)CC1. The second-order valence-corrected chi connectivity index (χ2v) is 12.7. The molecular weight excluding hydrogens is 595 g/mol. The van der Waals surface area contributed by atoms with E-state index in [1.807, 2.05) is 13.8 Å². The summed E-state index contributed by atoms with van der Waals surface area (Å²) >= 11 is 1.44. The van der Waals surface area contributed by atoms with Crippen molar-refractivity contribution in [2.75, 3.05) is 19.6 Å². The predicted octanol–water partition coefficient (Wildman–Crippen LogP) is 5.91. The fourth-order valence-corrected chi connectivity index (χ4v) is 7.14. The molecule has 0 unspecified atom stereocenters. The molecule has 2 aromatic heterocycles. The lowest BCUT2D eigenvalue weighted by Crippen LogP contribution is -2.68. The van der Waals surface area contributed by atoms with Crippen molar-refractivity contribution < 1.29 is 37.7 Å². The summed E-state index contributed by atoms with van der Waals surface area (Å²) in [6.45, 7) is 4.26. The number of rotatable bonds is 7. The van der Waals surface area contributed by atoms with Crippen LogP contribution in [0.2, 0.25) is 0 Å². The summed E-state index contributed by atoms with van der Waals surface area (Å²) < 4.78 is 48.4. The number of benzene rings is 1. The maximum Gasteiger partial charge on any atom is 0.417 e. The number of halogens is 3. The van der Waals surface area contributed by atoms with Crippen molar-refractivity contribution >= 4 is 23.2 Å². The number of piperidine rings is 2. The summed E-state index contributed by atoms with van der Waals surface area (Å²) in [5.41, 5.74) is -4.16. The molecule has 1 aromatic carbocycles. The molecule has 2 aliphatic rings. The van der Waals surface area contributed by atoms with E-state index in [4.69, 9.17) is 4.74 Å². The maximum atomic E-state index is 14.7. The van der Waals surface area contributed by atoms with Crippen LogP contribution in [0.3, 0.4) is 0 Å². The van der Waals surface area contributed by atoms with E-state index in [1.165, 1.54) is 22.3 Å². The first-order valence-electron chi connectivity index (χ1n) is 14.8.